The van der Waals surface area contributed by atoms with E-state index in [0.29, 0.717) is 17.6 Å². The molecule has 1 fully saturated rings. The minimum absolute atomic E-state index is 0.0822. The van der Waals surface area contributed by atoms with E-state index in [1.54, 1.807) is 23.4 Å². The van der Waals surface area contributed by atoms with Crippen LogP contribution in [0.25, 0.3) is 0 Å². The predicted molar refractivity (Wildman–Crippen MR) is 84.6 cm³/mol. The standard InChI is InChI=1S/C14H19ClN2O4S/c1-17(10-2-4-21-5-3-10)14(20)16-11(13(18)19)6-9-7-12(15)22-8-9/h7-8,10-11H,2-6H2,1H3,(H,16,20)(H,18,19). The van der Waals surface area contributed by atoms with Crippen LogP contribution in [0.3, 0.4) is 0 Å². The van der Waals surface area contributed by atoms with Crippen LogP contribution in [-0.4, -0.2) is 54.4 Å². The second-order valence-corrected chi connectivity index (χ2v) is 6.80. The van der Waals surface area contributed by atoms with Crippen molar-refractivity contribution in [2.24, 2.45) is 0 Å². The molecule has 2 N–H and O–H groups in total. The van der Waals surface area contributed by atoms with Gasteiger partial charge in [0, 0.05) is 32.7 Å². The summed E-state index contributed by atoms with van der Waals surface area (Å²) in [6.07, 6.45) is 1.75. The third kappa shape index (κ3) is 4.59. The molecule has 2 rings (SSSR count). The highest BCUT2D eigenvalue weighted by atomic mass is 35.5. The summed E-state index contributed by atoms with van der Waals surface area (Å²) in [7, 11) is 1.69. The quantitative estimate of drug-likeness (QED) is 0.856. The molecule has 2 heterocycles. The molecular weight excluding hydrogens is 328 g/mol. The molecule has 0 radical (unpaired) electrons. The number of aliphatic carboxylic acids is 1. The van der Waals surface area contributed by atoms with Gasteiger partial charge in [-0.25, -0.2) is 9.59 Å². The van der Waals surface area contributed by atoms with Gasteiger partial charge in [0.2, 0.25) is 0 Å². The Kier molecular flexibility index (Phi) is 6.05. The first-order valence-electron chi connectivity index (χ1n) is 7.04. The first-order valence-corrected chi connectivity index (χ1v) is 8.30. The molecule has 0 saturated carbocycles. The largest absolute Gasteiger partial charge is 0.480 e. The fourth-order valence-corrected chi connectivity index (χ4v) is 3.30. The van der Waals surface area contributed by atoms with Gasteiger partial charge in [-0.1, -0.05) is 11.6 Å². The minimum atomic E-state index is -1.06. The van der Waals surface area contributed by atoms with Gasteiger partial charge in [-0.3, -0.25) is 0 Å². The number of urea groups is 1. The van der Waals surface area contributed by atoms with Gasteiger partial charge in [0.25, 0.3) is 0 Å². The van der Waals surface area contributed by atoms with E-state index in [0.717, 1.165) is 18.4 Å². The van der Waals surface area contributed by atoms with Gasteiger partial charge in [-0.15, -0.1) is 11.3 Å². The van der Waals surface area contributed by atoms with E-state index >= 15 is 0 Å². The number of ether oxygens (including phenoxy) is 1. The number of nitrogens with zero attached hydrogens (tertiary/aromatic N) is 1. The molecule has 0 spiro atoms. The minimum Gasteiger partial charge on any atom is -0.480 e. The van der Waals surface area contributed by atoms with Crippen LogP contribution in [0.4, 0.5) is 4.79 Å². The summed E-state index contributed by atoms with van der Waals surface area (Å²) in [5, 5.41) is 13.7. The van der Waals surface area contributed by atoms with Crippen LogP contribution in [0.15, 0.2) is 11.4 Å². The van der Waals surface area contributed by atoms with Gasteiger partial charge in [-0.2, -0.15) is 0 Å². The zero-order valence-corrected chi connectivity index (χ0v) is 13.8. The summed E-state index contributed by atoms with van der Waals surface area (Å²) >= 11 is 7.19. The lowest BCUT2D eigenvalue weighted by molar-refractivity contribution is -0.139. The van der Waals surface area contributed by atoms with Gasteiger partial charge in [0.1, 0.15) is 6.04 Å². The molecule has 22 heavy (non-hydrogen) atoms. The van der Waals surface area contributed by atoms with Crippen molar-refractivity contribution in [2.45, 2.75) is 31.3 Å². The lowest BCUT2D eigenvalue weighted by Crippen LogP contribution is -2.51. The molecule has 0 aliphatic carbocycles. The molecule has 122 valence electrons. The Balaban J connectivity index is 1.94. The lowest BCUT2D eigenvalue weighted by atomic mass is 10.1. The number of carbonyl (C=O) groups is 2. The zero-order chi connectivity index (χ0) is 16.1. The fraction of sp³-hybridized carbons (Fsp3) is 0.571. The Morgan fingerprint density at radius 2 is 2.23 bits per heavy atom. The number of amides is 2. The van der Waals surface area contributed by atoms with Crippen LogP contribution in [0.5, 0.6) is 0 Å². The van der Waals surface area contributed by atoms with Crippen LogP contribution in [0, 0.1) is 0 Å². The van der Waals surface area contributed by atoms with E-state index in [-0.39, 0.29) is 18.5 Å². The first kappa shape index (κ1) is 17.1. The fourth-order valence-electron chi connectivity index (χ4n) is 2.38. The second-order valence-electron chi connectivity index (χ2n) is 5.26. The number of hydrogen-bond acceptors (Lipinski definition) is 4. The molecule has 1 saturated heterocycles. The van der Waals surface area contributed by atoms with Gasteiger partial charge in [-0.05, 0) is 29.9 Å². The summed E-state index contributed by atoms with van der Waals surface area (Å²) in [6.45, 7) is 1.25. The van der Waals surface area contributed by atoms with Crippen LogP contribution in [-0.2, 0) is 16.0 Å². The van der Waals surface area contributed by atoms with E-state index in [2.05, 4.69) is 5.32 Å². The number of hydrogen-bond donors (Lipinski definition) is 2. The maximum Gasteiger partial charge on any atom is 0.326 e. The van der Waals surface area contributed by atoms with Crippen LogP contribution >= 0.6 is 22.9 Å². The molecule has 1 aromatic rings. The Bertz CT molecular complexity index is 531. The van der Waals surface area contributed by atoms with Crippen molar-refractivity contribution < 1.29 is 19.4 Å². The molecule has 6 nitrogen and oxygen atoms in total. The summed E-state index contributed by atoms with van der Waals surface area (Å²) in [5.74, 6) is -1.06. The Labute approximate surface area is 138 Å². The molecule has 1 unspecified atom stereocenters. The van der Waals surface area contributed by atoms with Crippen molar-refractivity contribution in [3.63, 3.8) is 0 Å². The number of carbonyl (C=O) groups excluding carboxylic acids is 1. The van der Waals surface area contributed by atoms with Crippen molar-refractivity contribution in [2.75, 3.05) is 20.3 Å². The highest BCUT2D eigenvalue weighted by Crippen LogP contribution is 2.21. The number of halogens is 1. The number of nitrogens with one attached hydrogen (secondary N) is 1. The molecule has 0 aromatic carbocycles. The third-order valence-corrected chi connectivity index (χ3v) is 4.86. The average molecular weight is 347 g/mol. The molecule has 1 aliphatic rings. The topological polar surface area (TPSA) is 78.9 Å². The summed E-state index contributed by atoms with van der Waals surface area (Å²) in [5.41, 5.74) is 0.802. The highest BCUT2D eigenvalue weighted by Gasteiger charge is 2.27. The maximum atomic E-state index is 12.2. The Morgan fingerprint density at radius 1 is 1.55 bits per heavy atom. The smallest absolute Gasteiger partial charge is 0.326 e. The van der Waals surface area contributed by atoms with Crippen molar-refractivity contribution in [1.82, 2.24) is 10.2 Å². The summed E-state index contributed by atoms with van der Waals surface area (Å²) < 4.78 is 5.87. The molecule has 2 amide bonds. The average Bonchev–Trinajstić information content (AvgIpc) is 2.91. The highest BCUT2D eigenvalue weighted by molar-refractivity contribution is 7.14. The maximum absolute atomic E-state index is 12.2. The van der Waals surface area contributed by atoms with E-state index in [9.17, 15) is 14.7 Å². The van der Waals surface area contributed by atoms with Crippen LogP contribution < -0.4 is 5.32 Å². The zero-order valence-electron chi connectivity index (χ0n) is 12.3. The summed E-state index contributed by atoms with van der Waals surface area (Å²) in [6, 6.07) is 0.455. The third-order valence-electron chi connectivity index (χ3n) is 3.72. The number of thiophene rings is 1. The predicted octanol–water partition coefficient (Wildman–Crippen LogP) is 2.22. The molecule has 1 aromatic heterocycles. The number of rotatable bonds is 5. The molecule has 0 bridgehead atoms. The van der Waals surface area contributed by atoms with Crippen molar-refractivity contribution in [3.05, 3.63) is 21.3 Å². The van der Waals surface area contributed by atoms with E-state index in [1.165, 1.54) is 11.3 Å². The van der Waals surface area contributed by atoms with E-state index < -0.39 is 12.0 Å². The van der Waals surface area contributed by atoms with Crippen molar-refractivity contribution in [1.29, 1.82) is 0 Å². The van der Waals surface area contributed by atoms with E-state index in [1.807, 2.05) is 0 Å². The van der Waals surface area contributed by atoms with Crippen LogP contribution in [0.1, 0.15) is 18.4 Å². The van der Waals surface area contributed by atoms with Gasteiger partial charge in [0.15, 0.2) is 0 Å². The normalized spacial score (nSPS) is 17.0. The Morgan fingerprint density at radius 3 is 2.77 bits per heavy atom. The molecule has 1 aliphatic heterocycles. The van der Waals surface area contributed by atoms with Crippen molar-refractivity contribution in [3.8, 4) is 0 Å². The first-order chi connectivity index (χ1) is 10.5. The molecular formula is C14H19ClN2O4S. The summed E-state index contributed by atoms with van der Waals surface area (Å²) in [4.78, 5) is 25.2. The second kappa shape index (κ2) is 7.80. The lowest BCUT2D eigenvalue weighted by Gasteiger charge is -2.32. The Hall–Kier alpha value is -1.31. The molecule has 8 heteroatoms. The SMILES string of the molecule is CN(C(=O)NC(Cc1csc(Cl)c1)C(=O)O)C1CCOCC1. The number of carboxylic acid groups (broad SMARTS) is 1. The van der Waals surface area contributed by atoms with Crippen molar-refractivity contribution >= 4 is 34.9 Å². The van der Waals surface area contributed by atoms with E-state index in [4.69, 9.17) is 16.3 Å². The van der Waals surface area contributed by atoms with Gasteiger partial charge >= 0.3 is 12.0 Å². The van der Waals surface area contributed by atoms with Gasteiger partial charge in [0.05, 0.1) is 4.34 Å². The van der Waals surface area contributed by atoms with Gasteiger partial charge < -0.3 is 20.1 Å². The number of carboxylic acids is 1. The van der Waals surface area contributed by atoms with Crippen LogP contribution in [0.2, 0.25) is 4.34 Å². The molecule has 1 atom stereocenters. The monoisotopic (exact) mass is 346 g/mol.